The Morgan fingerprint density at radius 3 is 3.06 bits per heavy atom. The Morgan fingerprint density at radius 1 is 1.44 bits per heavy atom. The molecular weight excluding hydrogens is 198 g/mol. The van der Waals surface area contributed by atoms with E-state index in [1.165, 1.54) is 31.2 Å². The molecule has 1 aromatic heterocycles. The molecule has 1 aliphatic rings. The van der Waals surface area contributed by atoms with Crippen molar-refractivity contribution in [3.63, 3.8) is 0 Å². The fourth-order valence-electron chi connectivity index (χ4n) is 2.69. The number of hydrogen-bond acceptors (Lipinski definition) is 3. The zero-order valence-corrected chi connectivity index (χ0v) is 10.00. The smallest absolute Gasteiger partial charge is 0.128 e. The maximum absolute atomic E-state index is 6.01. The quantitative estimate of drug-likeness (QED) is 0.803. The Balaban J connectivity index is 2.36. The highest BCUT2D eigenvalue weighted by atomic mass is 15.0. The maximum Gasteiger partial charge on any atom is 0.128 e. The molecule has 1 saturated heterocycles. The van der Waals surface area contributed by atoms with Gasteiger partial charge in [0.2, 0.25) is 0 Å². The van der Waals surface area contributed by atoms with Gasteiger partial charge >= 0.3 is 0 Å². The molecule has 16 heavy (non-hydrogen) atoms. The molecule has 1 unspecified atom stereocenters. The van der Waals surface area contributed by atoms with Gasteiger partial charge in [-0.25, -0.2) is 4.98 Å². The molecule has 88 valence electrons. The molecule has 3 heteroatoms. The third-order valence-corrected chi connectivity index (χ3v) is 3.70. The predicted octanol–water partition coefficient (Wildman–Crippen LogP) is 2.43. The third kappa shape index (κ3) is 2.05. The Bertz CT molecular complexity index is 341. The first kappa shape index (κ1) is 11.4. The number of nitrogen functional groups attached to an aromatic ring is 1. The monoisotopic (exact) mass is 219 g/mol. The second-order valence-electron chi connectivity index (χ2n) is 4.61. The van der Waals surface area contributed by atoms with E-state index in [4.69, 9.17) is 5.73 Å². The Morgan fingerprint density at radius 2 is 2.31 bits per heavy atom. The van der Waals surface area contributed by atoms with Gasteiger partial charge in [-0.15, -0.1) is 0 Å². The summed E-state index contributed by atoms with van der Waals surface area (Å²) in [7, 11) is 0. The van der Waals surface area contributed by atoms with Crippen LogP contribution in [0.5, 0.6) is 0 Å². The number of pyridine rings is 1. The van der Waals surface area contributed by atoms with E-state index >= 15 is 0 Å². The van der Waals surface area contributed by atoms with Gasteiger partial charge in [0.15, 0.2) is 0 Å². The van der Waals surface area contributed by atoms with Gasteiger partial charge < -0.3 is 11.1 Å². The van der Waals surface area contributed by atoms with Gasteiger partial charge in [0.25, 0.3) is 0 Å². The summed E-state index contributed by atoms with van der Waals surface area (Å²) in [6.07, 6.45) is 7.85. The Labute approximate surface area is 97.5 Å². The first-order valence-corrected chi connectivity index (χ1v) is 6.24. The highest BCUT2D eigenvalue weighted by Crippen LogP contribution is 2.35. The van der Waals surface area contributed by atoms with E-state index in [1.807, 2.05) is 6.07 Å². The van der Waals surface area contributed by atoms with Crippen LogP contribution in [0.25, 0.3) is 0 Å². The van der Waals surface area contributed by atoms with Crippen molar-refractivity contribution >= 4 is 5.82 Å². The van der Waals surface area contributed by atoms with Crippen molar-refractivity contribution in [1.29, 1.82) is 0 Å². The number of nitrogens with one attached hydrogen (secondary N) is 1. The summed E-state index contributed by atoms with van der Waals surface area (Å²) in [6.45, 7) is 3.31. The summed E-state index contributed by atoms with van der Waals surface area (Å²) in [4.78, 5) is 4.22. The summed E-state index contributed by atoms with van der Waals surface area (Å²) in [5.41, 5.74) is 7.24. The van der Waals surface area contributed by atoms with Crippen LogP contribution >= 0.6 is 0 Å². The molecule has 1 aromatic rings. The summed E-state index contributed by atoms with van der Waals surface area (Å²) in [6, 6.07) is 4.10. The molecule has 0 radical (unpaired) electrons. The van der Waals surface area contributed by atoms with Crippen molar-refractivity contribution in [1.82, 2.24) is 10.3 Å². The second-order valence-corrected chi connectivity index (χ2v) is 4.61. The second kappa shape index (κ2) is 4.83. The van der Waals surface area contributed by atoms with Crippen molar-refractivity contribution in [2.45, 2.75) is 44.6 Å². The van der Waals surface area contributed by atoms with Crippen LogP contribution in [-0.4, -0.2) is 11.5 Å². The highest BCUT2D eigenvalue weighted by molar-refractivity contribution is 5.44. The first-order valence-electron chi connectivity index (χ1n) is 6.24. The fourth-order valence-corrected chi connectivity index (χ4v) is 2.69. The molecule has 3 nitrogen and oxygen atoms in total. The average molecular weight is 219 g/mol. The average Bonchev–Trinajstić information content (AvgIpc) is 2.56. The van der Waals surface area contributed by atoms with E-state index in [1.54, 1.807) is 6.20 Å². The van der Waals surface area contributed by atoms with Crippen LogP contribution in [0, 0.1) is 0 Å². The van der Waals surface area contributed by atoms with Crippen molar-refractivity contribution in [2.75, 3.05) is 12.3 Å². The number of hydrogen-bond donors (Lipinski definition) is 2. The van der Waals surface area contributed by atoms with Gasteiger partial charge in [-0.3, -0.25) is 0 Å². The number of nitrogens with two attached hydrogens (primary N) is 1. The van der Waals surface area contributed by atoms with E-state index in [0.29, 0.717) is 5.82 Å². The Hall–Kier alpha value is -1.09. The maximum atomic E-state index is 6.01. The normalized spacial score (nSPS) is 26.3. The largest absolute Gasteiger partial charge is 0.383 e. The van der Waals surface area contributed by atoms with Crippen LogP contribution in [0.15, 0.2) is 18.3 Å². The van der Waals surface area contributed by atoms with Crippen LogP contribution in [0.2, 0.25) is 0 Å². The molecule has 2 heterocycles. The van der Waals surface area contributed by atoms with Gasteiger partial charge in [-0.05, 0) is 31.9 Å². The van der Waals surface area contributed by atoms with Crippen LogP contribution in [0.1, 0.15) is 44.6 Å². The predicted molar refractivity (Wildman–Crippen MR) is 67.1 cm³/mol. The molecule has 3 N–H and O–H groups in total. The van der Waals surface area contributed by atoms with Crippen LogP contribution in [-0.2, 0) is 5.54 Å². The summed E-state index contributed by atoms with van der Waals surface area (Å²) in [5, 5.41) is 3.68. The molecule has 0 amide bonds. The molecule has 0 aromatic carbocycles. The fraction of sp³-hybridized carbons (Fsp3) is 0.615. The van der Waals surface area contributed by atoms with Crippen LogP contribution < -0.4 is 11.1 Å². The molecule has 0 bridgehead atoms. The lowest BCUT2D eigenvalue weighted by atomic mass is 9.83. The lowest BCUT2D eigenvalue weighted by Gasteiger charge is -2.34. The van der Waals surface area contributed by atoms with Crippen LogP contribution in [0.4, 0.5) is 5.82 Å². The van der Waals surface area contributed by atoms with E-state index in [0.717, 1.165) is 13.0 Å². The van der Waals surface area contributed by atoms with Crippen LogP contribution in [0.3, 0.4) is 0 Å². The zero-order chi connectivity index (χ0) is 11.4. The topological polar surface area (TPSA) is 50.9 Å². The highest BCUT2D eigenvalue weighted by Gasteiger charge is 2.32. The molecule has 1 aliphatic heterocycles. The number of aromatic nitrogens is 1. The molecule has 2 rings (SSSR count). The summed E-state index contributed by atoms with van der Waals surface area (Å²) in [5.74, 6) is 0.679. The molecule has 0 saturated carbocycles. The molecule has 1 atom stereocenters. The lowest BCUT2D eigenvalue weighted by Crippen LogP contribution is -2.41. The third-order valence-electron chi connectivity index (χ3n) is 3.70. The SMILES string of the molecule is CCC1(c2cccnc2N)CCCCCN1. The van der Waals surface area contributed by atoms with E-state index in [9.17, 15) is 0 Å². The zero-order valence-electron chi connectivity index (χ0n) is 10.00. The minimum Gasteiger partial charge on any atom is -0.383 e. The number of nitrogens with zero attached hydrogens (tertiary/aromatic N) is 1. The lowest BCUT2D eigenvalue weighted by molar-refractivity contribution is 0.313. The molecule has 1 fully saturated rings. The van der Waals surface area contributed by atoms with Crippen molar-refractivity contribution < 1.29 is 0 Å². The molecule has 0 spiro atoms. The van der Waals surface area contributed by atoms with E-state index in [-0.39, 0.29) is 5.54 Å². The van der Waals surface area contributed by atoms with Gasteiger partial charge in [0.1, 0.15) is 5.82 Å². The Kier molecular flexibility index (Phi) is 3.44. The number of anilines is 1. The van der Waals surface area contributed by atoms with Gasteiger partial charge in [-0.1, -0.05) is 25.8 Å². The molecular formula is C13H21N3. The molecule has 0 aliphatic carbocycles. The van der Waals surface area contributed by atoms with E-state index in [2.05, 4.69) is 23.3 Å². The van der Waals surface area contributed by atoms with Gasteiger partial charge in [0, 0.05) is 17.3 Å². The van der Waals surface area contributed by atoms with Crippen molar-refractivity contribution in [2.24, 2.45) is 0 Å². The van der Waals surface area contributed by atoms with Crippen molar-refractivity contribution in [3.05, 3.63) is 23.9 Å². The number of rotatable bonds is 2. The summed E-state index contributed by atoms with van der Waals surface area (Å²) < 4.78 is 0. The minimum absolute atomic E-state index is 0.0504. The summed E-state index contributed by atoms with van der Waals surface area (Å²) >= 11 is 0. The minimum atomic E-state index is 0.0504. The van der Waals surface area contributed by atoms with Crippen molar-refractivity contribution in [3.8, 4) is 0 Å². The van der Waals surface area contributed by atoms with Gasteiger partial charge in [-0.2, -0.15) is 0 Å². The first-order chi connectivity index (χ1) is 7.78. The van der Waals surface area contributed by atoms with Gasteiger partial charge in [0.05, 0.1) is 0 Å². The standard InChI is InChI=1S/C13H21N3/c1-2-13(8-4-3-5-10-16-13)11-7-6-9-15-12(11)14/h6-7,9,16H,2-5,8,10H2,1H3,(H2,14,15). The van der Waals surface area contributed by atoms with E-state index < -0.39 is 0 Å².